The van der Waals surface area contributed by atoms with Gasteiger partial charge in [-0.15, -0.1) is 0 Å². The van der Waals surface area contributed by atoms with Crippen LogP contribution in [0.15, 0.2) is 0 Å². The Hall–Kier alpha value is -1.26. The summed E-state index contributed by atoms with van der Waals surface area (Å²) in [6.45, 7) is 2.91. The Labute approximate surface area is 94.8 Å². The minimum atomic E-state index is -0.790. The first-order valence-electron chi connectivity index (χ1n) is 5.87. The molecule has 5 heteroatoms. The lowest BCUT2D eigenvalue weighted by molar-refractivity contribution is -0.143. The lowest BCUT2D eigenvalue weighted by atomic mass is 10.1. The molecule has 2 fully saturated rings. The third-order valence-corrected chi connectivity index (χ3v) is 3.47. The van der Waals surface area contributed by atoms with Crippen LogP contribution in [0.4, 0.5) is 4.79 Å². The third-order valence-electron chi connectivity index (χ3n) is 3.47. The van der Waals surface area contributed by atoms with Gasteiger partial charge in [-0.2, -0.15) is 0 Å². The monoisotopic (exact) mass is 226 g/mol. The second-order valence-corrected chi connectivity index (χ2v) is 4.76. The number of carboxylic acid groups (broad SMARTS) is 1. The van der Waals surface area contributed by atoms with E-state index in [0.29, 0.717) is 25.4 Å². The fraction of sp³-hybridized carbons (Fsp3) is 0.818. The summed E-state index contributed by atoms with van der Waals surface area (Å²) in [5.74, 6) is -0.790. The molecule has 0 heterocycles. The zero-order valence-electron chi connectivity index (χ0n) is 9.53. The van der Waals surface area contributed by atoms with E-state index in [9.17, 15) is 9.59 Å². The predicted molar refractivity (Wildman–Crippen MR) is 58.1 cm³/mol. The molecule has 0 aromatic heterocycles. The van der Waals surface area contributed by atoms with Gasteiger partial charge in [-0.25, -0.2) is 4.79 Å². The number of nitrogens with zero attached hydrogens (tertiary/aromatic N) is 1. The molecule has 16 heavy (non-hydrogen) atoms. The number of nitrogens with one attached hydrogen (secondary N) is 1. The van der Waals surface area contributed by atoms with Crippen LogP contribution >= 0.6 is 0 Å². The van der Waals surface area contributed by atoms with E-state index >= 15 is 0 Å². The van der Waals surface area contributed by atoms with Crippen molar-refractivity contribution in [2.75, 3.05) is 13.1 Å². The molecule has 2 saturated carbocycles. The molecule has 5 nitrogen and oxygen atoms in total. The van der Waals surface area contributed by atoms with Crippen molar-refractivity contribution in [3.8, 4) is 0 Å². The fourth-order valence-electron chi connectivity index (χ4n) is 1.92. The van der Waals surface area contributed by atoms with Crippen molar-refractivity contribution in [2.24, 2.45) is 5.41 Å². The molecular formula is C11H18N2O3. The van der Waals surface area contributed by atoms with Gasteiger partial charge in [-0.1, -0.05) is 0 Å². The second kappa shape index (κ2) is 3.96. The molecule has 2 rings (SSSR count). The van der Waals surface area contributed by atoms with Crippen molar-refractivity contribution in [3.05, 3.63) is 0 Å². The van der Waals surface area contributed by atoms with Gasteiger partial charge in [0, 0.05) is 19.1 Å². The number of carboxylic acids is 1. The van der Waals surface area contributed by atoms with Crippen molar-refractivity contribution < 1.29 is 14.7 Å². The Morgan fingerprint density at radius 3 is 2.44 bits per heavy atom. The summed E-state index contributed by atoms with van der Waals surface area (Å²) in [6, 6.07) is 0.266. The molecule has 2 aliphatic rings. The Morgan fingerprint density at radius 2 is 2.06 bits per heavy atom. The maximum absolute atomic E-state index is 11.8. The summed E-state index contributed by atoms with van der Waals surface area (Å²) in [4.78, 5) is 24.5. The lowest BCUT2D eigenvalue weighted by Gasteiger charge is -2.22. The van der Waals surface area contributed by atoms with Crippen LogP contribution < -0.4 is 5.32 Å². The van der Waals surface area contributed by atoms with Crippen molar-refractivity contribution in [1.29, 1.82) is 0 Å². The van der Waals surface area contributed by atoms with E-state index in [1.54, 1.807) is 4.90 Å². The zero-order valence-corrected chi connectivity index (χ0v) is 9.53. The van der Waals surface area contributed by atoms with Crippen molar-refractivity contribution in [3.63, 3.8) is 0 Å². The van der Waals surface area contributed by atoms with E-state index in [2.05, 4.69) is 5.32 Å². The van der Waals surface area contributed by atoms with Crippen LogP contribution in [0.3, 0.4) is 0 Å². The average molecular weight is 226 g/mol. The number of hydrogen-bond acceptors (Lipinski definition) is 2. The van der Waals surface area contributed by atoms with E-state index in [1.807, 2.05) is 6.92 Å². The summed E-state index contributed by atoms with van der Waals surface area (Å²) in [7, 11) is 0. The van der Waals surface area contributed by atoms with Crippen LogP contribution in [0.2, 0.25) is 0 Å². The predicted octanol–water partition coefficient (Wildman–Crippen LogP) is 1.05. The number of carbonyl (C=O) groups is 2. The van der Waals surface area contributed by atoms with Gasteiger partial charge in [0.25, 0.3) is 0 Å². The van der Waals surface area contributed by atoms with E-state index in [1.165, 1.54) is 0 Å². The Balaban J connectivity index is 1.81. The first kappa shape index (κ1) is 11.2. The summed E-state index contributed by atoms with van der Waals surface area (Å²) >= 11 is 0. The van der Waals surface area contributed by atoms with Gasteiger partial charge >= 0.3 is 12.0 Å². The molecule has 0 atom stereocenters. The molecule has 0 radical (unpaired) electrons. The molecule has 0 saturated heterocycles. The quantitative estimate of drug-likeness (QED) is 0.736. The van der Waals surface area contributed by atoms with Crippen molar-refractivity contribution in [2.45, 2.75) is 38.6 Å². The first-order chi connectivity index (χ1) is 7.59. The minimum Gasteiger partial charge on any atom is -0.481 e. The van der Waals surface area contributed by atoms with Gasteiger partial charge in [-0.3, -0.25) is 4.79 Å². The molecule has 0 aromatic rings. The van der Waals surface area contributed by atoms with Gasteiger partial charge in [0.05, 0.1) is 5.41 Å². The Bertz CT molecular complexity index is 308. The summed E-state index contributed by atoms with van der Waals surface area (Å²) in [5, 5.41) is 11.7. The first-order valence-corrected chi connectivity index (χ1v) is 5.87. The van der Waals surface area contributed by atoms with E-state index < -0.39 is 11.4 Å². The van der Waals surface area contributed by atoms with E-state index in [-0.39, 0.29) is 12.6 Å². The van der Waals surface area contributed by atoms with Crippen LogP contribution in [0.25, 0.3) is 0 Å². The highest BCUT2D eigenvalue weighted by Crippen LogP contribution is 2.45. The number of aliphatic carboxylic acids is 1. The smallest absolute Gasteiger partial charge is 0.317 e. The molecule has 0 bridgehead atoms. The summed E-state index contributed by atoms with van der Waals surface area (Å²) in [5.41, 5.74) is -0.668. The largest absolute Gasteiger partial charge is 0.481 e. The van der Waals surface area contributed by atoms with Crippen LogP contribution in [0.5, 0.6) is 0 Å². The highest BCUT2D eigenvalue weighted by atomic mass is 16.4. The lowest BCUT2D eigenvalue weighted by Crippen LogP contribution is -2.44. The molecule has 2 amide bonds. The van der Waals surface area contributed by atoms with E-state index in [4.69, 9.17) is 5.11 Å². The van der Waals surface area contributed by atoms with Gasteiger partial charge in [-0.05, 0) is 32.6 Å². The summed E-state index contributed by atoms with van der Waals surface area (Å²) < 4.78 is 0. The molecule has 2 aliphatic carbocycles. The maximum Gasteiger partial charge on any atom is 0.317 e. The van der Waals surface area contributed by atoms with Crippen LogP contribution in [-0.2, 0) is 4.79 Å². The zero-order chi connectivity index (χ0) is 11.8. The number of urea groups is 1. The van der Waals surface area contributed by atoms with Crippen molar-refractivity contribution in [1.82, 2.24) is 10.2 Å². The molecule has 0 aliphatic heterocycles. The minimum absolute atomic E-state index is 0.113. The maximum atomic E-state index is 11.8. The van der Waals surface area contributed by atoms with Gasteiger partial charge in [0.15, 0.2) is 0 Å². The van der Waals surface area contributed by atoms with Gasteiger partial charge < -0.3 is 15.3 Å². The Morgan fingerprint density at radius 1 is 1.44 bits per heavy atom. The Kier molecular flexibility index (Phi) is 2.78. The highest BCUT2D eigenvalue weighted by Gasteiger charge is 2.50. The number of rotatable bonds is 5. The van der Waals surface area contributed by atoms with Crippen LogP contribution in [-0.4, -0.2) is 41.1 Å². The third kappa shape index (κ3) is 2.13. The molecule has 0 spiro atoms. The molecular weight excluding hydrogens is 208 g/mol. The number of carbonyl (C=O) groups excluding carboxylic acids is 1. The van der Waals surface area contributed by atoms with Crippen molar-refractivity contribution >= 4 is 12.0 Å². The van der Waals surface area contributed by atoms with Crippen LogP contribution in [0.1, 0.15) is 32.6 Å². The van der Waals surface area contributed by atoms with Crippen LogP contribution in [0, 0.1) is 5.41 Å². The fourth-order valence-corrected chi connectivity index (χ4v) is 1.92. The molecule has 0 aromatic carbocycles. The SMILES string of the molecule is CCN(C(=O)NCC1(C(=O)O)CC1)C1CC1. The van der Waals surface area contributed by atoms with Gasteiger partial charge in [0.1, 0.15) is 0 Å². The standard InChI is InChI=1S/C11H18N2O3/c1-2-13(8-3-4-8)10(16)12-7-11(5-6-11)9(14)15/h8H,2-7H2,1H3,(H,12,16)(H,14,15). The average Bonchev–Trinajstić information content (AvgIpc) is 3.11. The summed E-state index contributed by atoms with van der Waals surface area (Å²) in [6.07, 6.45) is 3.51. The normalized spacial score (nSPS) is 21.3. The molecule has 2 N–H and O–H groups in total. The highest BCUT2D eigenvalue weighted by molar-refractivity contribution is 5.80. The number of amides is 2. The second-order valence-electron chi connectivity index (χ2n) is 4.76. The molecule has 0 unspecified atom stereocenters. The number of hydrogen-bond donors (Lipinski definition) is 2. The van der Waals surface area contributed by atoms with E-state index in [0.717, 1.165) is 12.8 Å². The molecule has 90 valence electrons. The van der Waals surface area contributed by atoms with Gasteiger partial charge in [0.2, 0.25) is 0 Å². The topological polar surface area (TPSA) is 69.6 Å².